The Bertz CT molecular complexity index is 445. The van der Waals surface area contributed by atoms with Gasteiger partial charge in [-0.2, -0.15) is 0 Å². The highest BCUT2D eigenvalue weighted by Gasteiger charge is 2.04. The highest BCUT2D eigenvalue weighted by molar-refractivity contribution is 6.28. The predicted octanol–water partition coefficient (Wildman–Crippen LogP) is 1.41. The van der Waals surface area contributed by atoms with Gasteiger partial charge in [0.25, 0.3) is 0 Å². The Morgan fingerprint density at radius 3 is 2.83 bits per heavy atom. The monoisotopic (exact) mass is 268 g/mol. The number of hydrogen-bond donors (Lipinski definition) is 2. The molecule has 0 heterocycles. The van der Waals surface area contributed by atoms with Crippen molar-refractivity contribution in [2.45, 2.75) is 0 Å². The molecule has 0 aliphatic carbocycles. The van der Waals surface area contributed by atoms with Crippen molar-refractivity contribution in [2.75, 3.05) is 31.8 Å². The number of benzene rings is 1. The van der Waals surface area contributed by atoms with E-state index in [4.69, 9.17) is 17.3 Å². The number of halogens is 1. The highest BCUT2D eigenvalue weighted by Crippen LogP contribution is 2.17. The molecule has 0 spiro atoms. The van der Waals surface area contributed by atoms with Crippen molar-refractivity contribution < 1.29 is 4.79 Å². The molecule has 6 heteroatoms. The number of amides is 1. The number of carbonyl (C=O) groups excluding carboxylic acids is 1. The molecule has 0 bridgehead atoms. The molecular weight excluding hydrogens is 252 g/mol. The molecule has 1 rings (SSSR count). The van der Waals surface area contributed by atoms with E-state index in [1.54, 1.807) is 29.2 Å². The van der Waals surface area contributed by atoms with Crippen molar-refractivity contribution >= 4 is 34.7 Å². The molecule has 0 saturated carbocycles. The lowest BCUT2D eigenvalue weighted by atomic mass is 10.3. The van der Waals surface area contributed by atoms with Gasteiger partial charge in [0, 0.05) is 5.69 Å². The summed E-state index contributed by atoms with van der Waals surface area (Å²) < 4.78 is 0. The van der Waals surface area contributed by atoms with Crippen molar-refractivity contribution in [1.29, 1.82) is 0 Å². The second kappa shape index (κ2) is 6.98. The molecule has 98 valence electrons. The zero-order valence-corrected chi connectivity index (χ0v) is 11.2. The van der Waals surface area contributed by atoms with E-state index in [1.807, 2.05) is 14.1 Å². The molecule has 1 aromatic rings. The Kier molecular flexibility index (Phi) is 5.61. The third-order valence-corrected chi connectivity index (χ3v) is 2.27. The average molecular weight is 269 g/mol. The van der Waals surface area contributed by atoms with E-state index in [9.17, 15) is 4.79 Å². The Balaban J connectivity index is 2.73. The summed E-state index contributed by atoms with van der Waals surface area (Å²) in [5.41, 5.74) is 6.89. The quantitative estimate of drug-likeness (QED) is 0.482. The van der Waals surface area contributed by atoms with Gasteiger partial charge in [0.1, 0.15) is 5.84 Å². The number of nitrogens with two attached hydrogens (primary N) is 1. The second-order valence-corrected chi connectivity index (χ2v) is 4.34. The zero-order valence-electron chi connectivity index (χ0n) is 10.5. The number of amidine groups is 1. The van der Waals surface area contributed by atoms with Gasteiger partial charge in [-0.25, -0.2) is 4.99 Å². The van der Waals surface area contributed by atoms with Gasteiger partial charge in [0.05, 0.1) is 18.1 Å². The first-order valence-corrected chi connectivity index (χ1v) is 5.98. The molecule has 0 unspecified atom stereocenters. The predicted molar refractivity (Wildman–Crippen MR) is 75.6 cm³/mol. The second-order valence-electron chi connectivity index (χ2n) is 4.07. The summed E-state index contributed by atoms with van der Waals surface area (Å²) in [5.74, 6) is 0.442. The molecule has 1 aromatic carbocycles. The summed E-state index contributed by atoms with van der Waals surface area (Å²) in [6.07, 6.45) is 0. The van der Waals surface area contributed by atoms with Gasteiger partial charge in [0.15, 0.2) is 0 Å². The molecule has 5 nitrogen and oxygen atoms in total. The number of carbonyl (C=O) groups is 1. The fraction of sp³-hybridized carbons (Fsp3) is 0.333. The lowest BCUT2D eigenvalue weighted by Gasteiger charge is -2.10. The van der Waals surface area contributed by atoms with Crippen LogP contribution in [-0.2, 0) is 4.79 Å². The normalized spacial score (nSPS) is 11.7. The number of nitrogens with one attached hydrogen (secondary N) is 1. The van der Waals surface area contributed by atoms with Crippen LogP contribution in [-0.4, -0.2) is 43.2 Å². The summed E-state index contributed by atoms with van der Waals surface area (Å²) in [6, 6.07) is 7.13. The van der Waals surface area contributed by atoms with E-state index in [0.29, 0.717) is 23.8 Å². The maximum atomic E-state index is 11.6. The van der Waals surface area contributed by atoms with Crippen LogP contribution in [0.2, 0.25) is 0 Å². The fourth-order valence-corrected chi connectivity index (χ4v) is 1.40. The molecule has 18 heavy (non-hydrogen) atoms. The number of hydrogen-bond acceptors (Lipinski definition) is 3. The Morgan fingerprint density at radius 1 is 1.50 bits per heavy atom. The third kappa shape index (κ3) is 5.16. The van der Waals surface area contributed by atoms with Crippen LogP contribution in [0.25, 0.3) is 0 Å². The van der Waals surface area contributed by atoms with Gasteiger partial charge in [-0.15, -0.1) is 11.6 Å². The molecule has 0 aliphatic rings. The van der Waals surface area contributed by atoms with Crippen LogP contribution < -0.4 is 11.1 Å². The van der Waals surface area contributed by atoms with Crippen molar-refractivity contribution in [1.82, 2.24) is 4.90 Å². The zero-order chi connectivity index (χ0) is 13.5. The average Bonchev–Trinajstić information content (AvgIpc) is 2.28. The van der Waals surface area contributed by atoms with E-state index in [0.717, 1.165) is 0 Å². The molecule has 0 saturated heterocycles. The van der Waals surface area contributed by atoms with Gasteiger partial charge in [-0.3, -0.25) is 4.79 Å². The first kappa shape index (κ1) is 14.5. The van der Waals surface area contributed by atoms with Crippen LogP contribution in [0.1, 0.15) is 0 Å². The number of rotatable bonds is 5. The van der Waals surface area contributed by atoms with Crippen LogP contribution in [0.4, 0.5) is 11.4 Å². The maximum absolute atomic E-state index is 11.6. The molecule has 0 aromatic heterocycles. The van der Waals surface area contributed by atoms with Crippen molar-refractivity contribution in [3.05, 3.63) is 24.3 Å². The fourth-order valence-electron chi connectivity index (χ4n) is 1.34. The SMILES string of the molecule is CN(C)CC(=O)Nc1cccc(N=C(N)CCl)c1. The van der Waals surface area contributed by atoms with E-state index in [2.05, 4.69) is 10.3 Å². The minimum atomic E-state index is -0.0774. The Labute approximate surface area is 112 Å². The third-order valence-electron chi connectivity index (χ3n) is 2.00. The number of anilines is 1. The van der Waals surface area contributed by atoms with Gasteiger partial charge < -0.3 is 16.0 Å². The summed E-state index contributed by atoms with van der Waals surface area (Å²) >= 11 is 5.55. The molecule has 0 fully saturated rings. The smallest absolute Gasteiger partial charge is 0.238 e. The number of aliphatic imine (C=N–C) groups is 1. The van der Waals surface area contributed by atoms with Gasteiger partial charge in [0.2, 0.25) is 5.91 Å². The minimum absolute atomic E-state index is 0.0774. The van der Waals surface area contributed by atoms with Crippen LogP contribution in [0.3, 0.4) is 0 Å². The topological polar surface area (TPSA) is 70.7 Å². The molecule has 0 atom stereocenters. The van der Waals surface area contributed by atoms with E-state index >= 15 is 0 Å². The standard InChI is InChI=1S/C12H17ClN4O/c1-17(2)8-12(18)16-10-5-3-4-9(6-10)15-11(14)7-13/h3-6H,7-8H2,1-2H3,(H2,14,15)(H,16,18). The van der Waals surface area contributed by atoms with Crippen molar-refractivity contribution in [2.24, 2.45) is 10.7 Å². The van der Waals surface area contributed by atoms with Gasteiger partial charge >= 0.3 is 0 Å². The summed E-state index contributed by atoms with van der Waals surface area (Å²) in [7, 11) is 3.67. The Hall–Kier alpha value is -1.59. The maximum Gasteiger partial charge on any atom is 0.238 e. The van der Waals surface area contributed by atoms with Crippen LogP contribution >= 0.6 is 11.6 Å². The van der Waals surface area contributed by atoms with Crippen molar-refractivity contribution in [3.8, 4) is 0 Å². The largest absolute Gasteiger partial charge is 0.386 e. The summed E-state index contributed by atoms with van der Waals surface area (Å²) in [5, 5.41) is 2.78. The van der Waals surface area contributed by atoms with Crippen LogP contribution in [0.5, 0.6) is 0 Å². The Morgan fingerprint density at radius 2 is 2.22 bits per heavy atom. The number of alkyl halides is 1. The summed E-state index contributed by atoms with van der Waals surface area (Å²) in [4.78, 5) is 17.5. The highest BCUT2D eigenvalue weighted by atomic mass is 35.5. The lowest BCUT2D eigenvalue weighted by Crippen LogP contribution is -2.27. The van der Waals surface area contributed by atoms with Gasteiger partial charge in [-0.05, 0) is 32.3 Å². The molecule has 1 amide bonds. The first-order chi connectivity index (χ1) is 8.51. The molecule has 0 aliphatic heterocycles. The number of nitrogens with zero attached hydrogens (tertiary/aromatic N) is 2. The summed E-state index contributed by atoms with van der Waals surface area (Å²) in [6.45, 7) is 0.331. The van der Waals surface area contributed by atoms with E-state index < -0.39 is 0 Å². The minimum Gasteiger partial charge on any atom is -0.386 e. The number of likely N-dealkylation sites (N-methyl/N-ethyl adjacent to an activating group) is 1. The van der Waals surface area contributed by atoms with E-state index in [1.165, 1.54) is 0 Å². The van der Waals surface area contributed by atoms with E-state index in [-0.39, 0.29) is 11.8 Å². The molecular formula is C12H17ClN4O. The van der Waals surface area contributed by atoms with Crippen LogP contribution in [0, 0.1) is 0 Å². The van der Waals surface area contributed by atoms with Gasteiger partial charge in [-0.1, -0.05) is 6.07 Å². The first-order valence-electron chi connectivity index (χ1n) is 5.45. The lowest BCUT2D eigenvalue weighted by molar-refractivity contribution is -0.116. The molecule has 0 radical (unpaired) electrons. The van der Waals surface area contributed by atoms with Crippen molar-refractivity contribution in [3.63, 3.8) is 0 Å². The van der Waals surface area contributed by atoms with Crippen LogP contribution in [0.15, 0.2) is 29.3 Å². The molecule has 3 N–H and O–H groups in total.